The number of nitrogens with one attached hydrogen (secondary N) is 1. The van der Waals surface area contributed by atoms with Crippen molar-refractivity contribution in [1.29, 1.82) is 0 Å². The summed E-state index contributed by atoms with van der Waals surface area (Å²) in [5.41, 5.74) is 1.22. The third-order valence-corrected chi connectivity index (χ3v) is 6.04. The van der Waals surface area contributed by atoms with Crippen molar-refractivity contribution in [3.63, 3.8) is 0 Å². The van der Waals surface area contributed by atoms with Crippen LogP contribution in [0.25, 0.3) is 0 Å². The zero-order valence-corrected chi connectivity index (χ0v) is 11.6. The van der Waals surface area contributed by atoms with E-state index >= 15 is 0 Å². The molecule has 3 unspecified atom stereocenters. The Kier molecular flexibility index (Phi) is 3.70. The predicted molar refractivity (Wildman–Crippen MR) is 72.7 cm³/mol. The average Bonchev–Trinajstić information content (AvgIpc) is 3.09. The normalized spacial score (nSPS) is 33.4. The molecule has 1 N–H and O–H groups in total. The summed E-state index contributed by atoms with van der Waals surface area (Å²) in [5, 5.41) is 7.70. The molecule has 94 valence electrons. The van der Waals surface area contributed by atoms with Crippen LogP contribution in [0, 0.1) is 0 Å². The van der Waals surface area contributed by atoms with Crippen LogP contribution < -0.4 is 5.32 Å². The van der Waals surface area contributed by atoms with Gasteiger partial charge in [0.2, 0.25) is 0 Å². The predicted octanol–water partition coefficient (Wildman–Crippen LogP) is 2.76. The lowest BCUT2D eigenvalue weighted by atomic mass is 10.1. The SMILES string of the molecule is COC1CNC(c2csc(C3CCCS3)n2)C1. The molecule has 0 amide bonds. The number of hydrogen-bond donors (Lipinski definition) is 1. The van der Waals surface area contributed by atoms with Gasteiger partial charge in [-0.15, -0.1) is 11.3 Å². The van der Waals surface area contributed by atoms with E-state index in [0.29, 0.717) is 17.4 Å². The standard InChI is InChI=1S/C12H18N2OS2/c1-15-8-5-9(13-6-8)10-7-17-12(14-10)11-3-2-4-16-11/h7-9,11,13H,2-6H2,1H3. The maximum absolute atomic E-state index is 5.38. The van der Waals surface area contributed by atoms with Gasteiger partial charge in [0.25, 0.3) is 0 Å². The van der Waals surface area contributed by atoms with Crippen LogP contribution in [0.4, 0.5) is 0 Å². The van der Waals surface area contributed by atoms with E-state index in [1.165, 1.54) is 29.3 Å². The second kappa shape index (κ2) is 5.26. The van der Waals surface area contributed by atoms with Crippen molar-refractivity contribution in [3.8, 4) is 0 Å². The molecule has 1 aromatic heterocycles. The summed E-state index contributed by atoms with van der Waals surface area (Å²) >= 11 is 3.89. The first kappa shape index (κ1) is 12.0. The van der Waals surface area contributed by atoms with Gasteiger partial charge in [-0.1, -0.05) is 0 Å². The number of ether oxygens (including phenoxy) is 1. The van der Waals surface area contributed by atoms with Gasteiger partial charge in [0.05, 0.1) is 23.1 Å². The van der Waals surface area contributed by atoms with Crippen molar-refractivity contribution >= 4 is 23.1 Å². The fourth-order valence-electron chi connectivity index (χ4n) is 2.49. The third kappa shape index (κ3) is 2.52. The number of aromatic nitrogens is 1. The van der Waals surface area contributed by atoms with Crippen LogP contribution in [0.1, 0.15) is 41.3 Å². The average molecular weight is 270 g/mol. The zero-order valence-electron chi connectivity index (χ0n) is 10.0. The van der Waals surface area contributed by atoms with Crippen LogP contribution in [0.2, 0.25) is 0 Å². The molecule has 0 spiro atoms. The smallest absolute Gasteiger partial charge is 0.106 e. The molecule has 3 atom stereocenters. The number of methoxy groups -OCH3 is 1. The molecule has 0 bridgehead atoms. The summed E-state index contributed by atoms with van der Waals surface area (Å²) in [6.07, 6.45) is 4.05. The summed E-state index contributed by atoms with van der Waals surface area (Å²) in [7, 11) is 1.79. The van der Waals surface area contributed by atoms with E-state index in [-0.39, 0.29) is 0 Å². The van der Waals surface area contributed by atoms with Crippen molar-refractivity contribution < 1.29 is 4.74 Å². The number of rotatable bonds is 3. The monoisotopic (exact) mass is 270 g/mol. The van der Waals surface area contributed by atoms with Gasteiger partial charge >= 0.3 is 0 Å². The Labute approximate surface area is 110 Å². The van der Waals surface area contributed by atoms with E-state index < -0.39 is 0 Å². The molecule has 3 nitrogen and oxygen atoms in total. The highest BCUT2D eigenvalue weighted by atomic mass is 32.2. The van der Waals surface area contributed by atoms with Crippen molar-refractivity contribution in [3.05, 3.63) is 16.1 Å². The Morgan fingerprint density at radius 3 is 3.18 bits per heavy atom. The van der Waals surface area contributed by atoms with E-state index in [2.05, 4.69) is 22.5 Å². The van der Waals surface area contributed by atoms with Crippen LogP contribution in [0.15, 0.2) is 5.38 Å². The summed E-state index contributed by atoms with van der Waals surface area (Å²) < 4.78 is 5.38. The highest BCUT2D eigenvalue weighted by Crippen LogP contribution is 2.41. The van der Waals surface area contributed by atoms with Crippen molar-refractivity contribution in [2.24, 2.45) is 0 Å². The third-order valence-electron chi connectivity index (χ3n) is 3.53. The van der Waals surface area contributed by atoms with Gasteiger partial charge in [0.15, 0.2) is 0 Å². The molecular formula is C12H18N2OS2. The molecule has 5 heteroatoms. The van der Waals surface area contributed by atoms with Gasteiger partial charge in [-0.25, -0.2) is 4.98 Å². The lowest BCUT2D eigenvalue weighted by molar-refractivity contribution is 0.117. The van der Waals surface area contributed by atoms with Crippen molar-refractivity contribution in [2.45, 2.75) is 36.7 Å². The van der Waals surface area contributed by atoms with Crippen LogP contribution >= 0.6 is 23.1 Å². The highest BCUT2D eigenvalue weighted by molar-refractivity contribution is 7.99. The molecular weight excluding hydrogens is 252 g/mol. The Balaban J connectivity index is 1.68. The van der Waals surface area contributed by atoms with E-state index in [0.717, 1.165) is 13.0 Å². The molecule has 2 saturated heterocycles. The number of hydrogen-bond acceptors (Lipinski definition) is 5. The minimum atomic E-state index is 0.353. The van der Waals surface area contributed by atoms with Gasteiger partial charge in [-0.3, -0.25) is 0 Å². The van der Waals surface area contributed by atoms with Crippen molar-refractivity contribution in [2.75, 3.05) is 19.4 Å². The molecule has 0 aromatic carbocycles. The second-order valence-electron chi connectivity index (χ2n) is 4.67. The lowest BCUT2D eigenvalue weighted by Crippen LogP contribution is -2.16. The topological polar surface area (TPSA) is 34.1 Å². The van der Waals surface area contributed by atoms with Crippen molar-refractivity contribution in [1.82, 2.24) is 10.3 Å². The Bertz CT molecular complexity index is 376. The summed E-state index contributed by atoms with van der Waals surface area (Å²) in [6.45, 7) is 0.951. The number of nitrogens with zero attached hydrogens (tertiary/aromatic N) is 1. The van der Waals surface area contributed by atoms with Crippen LogP contribution in [-0.4, -0.2) is 30.5 Å². The first-order chi connectivity index (χ1) is 8.36. The van der Waals surface area contributed by atoms with Crippen LogP contribution in [0.5, 0.6) is 0 Å². The molecule has 0 radical (unpaired) electrons. The Morgan fingerprint density at radius 1 is 1.53 bits per heavy atom. The quantitative estimate of drug-likeness (QED) is 0.916. The molecule has 3 rings (SSSR count). The minimum Gasteiger partial charge on any atom is -0.380 e. The molecule has 1 aromatic rings. The van der Waals surface area contributed by atoms with E-state index in [1.807, 2.05) is 11.3 Å². The molecule has 17 heavy (non-hydrogen) atoms. The van der Waals surface area contributed by atoms with Gasteiger partial charge in [-0.05, 0) is 25.0 Å². The number of thiazole rings is 1. The van der Waals surface area contributed by atoms with Gasteiger partial charge in [-0.2, -0.15) is 11.8 Å². The van der Waals surface area contributed by atoms with Gasteiger partial charge in [0.1, 0.15) is 5.01 Å². The molecule has 2 aliphatic heterocycles. The molecule has 0 aliphatic carbocycles. The molecule has 0 saturated carbocycles. The summed E-state index contributed by atoms with van der Waals surface area (Å²) in [5.74, 6) is 1.30. The molecule has 2 aliphatic rings. The maximum atomic E-state index is 5.38. The maximum Gasteiger partial charge on any atom is 0.106 e. The summed E-state index contributed by atoms with van der Waals surface area (Å²) in [6, 6.07) is 0.399. The van der Waals surface area contributed by atoms with Crippen LogP contribution in [-0.2, 0) is 4.74 Å². The number of thioether (sulfide) groups is 1. The molecule has 2 fully saturated rings. The second-order valence-corrected chi connectivity index (χ2v) is 6.87. The minimum absolute atomic E-state index is 0.353. The zero-order chi connectivity index (χ0) is 11.7. The first-order valence-electron chi connectivity index (χ1n) is 6.20. The van der Waals surface area contributed by atoms with Gasteiger partial charge in [0, 0.05) is 19.0 Å². The van der Waals surface area contributed by atoms with Gasteiger partial charge < -0.3 is 10.1 Å². The lowest BCUT2D eigenvalue weighted by Gasteiger charge is -2.07. The van der Waals surface area contributed by atoms with E-state index in [1.54, 1.807) is 7.11 Å². The molecule has 3 heterocycles. The highest BCUT2D eigenvalue weighted by Gasteiger charge is 2.28. The fourth-order valence-corrected chi connectivity index (χ4v) is 4.89. The largest absolute Gasteiger partial charge is 0.380 e. The van der Waals surface area contributed by atoms with Crippen LogP contribution in [0.3, 0.4) is 0 Å². The first-order valence-corrected chi connectivity index (χ1v) is 8.13. The Hall–Kier alpha value is -0.100. The Morgan fingerprint density at radius 2 is 2.47 bits per heavy atom. The van der Waals surface area contributed by atoms with E-state index in [9.17, 15) is 0 Å². The summed E-state index contributed by atoms with van der Waals surface area (Å²) in [4.78, 5) is 4.82. The fraction of sp³-hybridized carbons (Fsp3) is 0.750. The van der Waals surface area contributed by atoms with E-state index in [4.69, 9.17) is 9.72 Å².